The van der Waals surface area contributed by atoms with Crippen molar-refractivity contribution in [3.63, 3.8) is 0 Å². The van der Waals surface area contributed by atoms with Crippen molar-refractivity contribution >= 4 is 122 Å². The molecule has 0 saturated carbocycles. The van der Waals surface area contributed by atoms with Crippen LogP contribution in [0.4, 0.5) is 34.1 Å². The fourth-order valence-corrected chi connectivity index (χ4v) is 18.9. The Balaban J connectivity index is 0.931. The molecule has 0 spiro atoms. The highest BCUT2D eigenvalue weighted by molar-refractivity contribution is 7.00. The predicted molar refractivity (Wildman–Crippen MR) is 478 cm³/mol. The molecule has 4 heteroatoms. The molecule has 2 aliphatic heterocycles. The zero-order valence-corrected chi connectivity index (χ0v) is 62.4. The monoisotopic (exact) mass is 1420 g/mol. The van der Waals surface area contributed by atoms with E-state index in [4.69, 9.17) is 0 Å². The normalized spacial score (nSPS) is 12.5. The molecule has 0 N–H and O–H groups in total. The number of nitrogens with zero attached hydrogens (tertiary/aromatic N) is 3. The summed E-state index contributed by atoms with van der Waals surface area (Å²) in [5.41, 5.74) is 33.0. The summed E-state index contributed by atoms with van der Waals surface area (Å²) in [7, 11) is 0. The first-order valence-electron chi connectivity index (χ1n) is 39.2. The maximum atomic E-state index is 2.74. The first kappa shape index (κ1) is 65.1. The Kier molecular flexibility index (Phi) is 15.0. The lowest BCUT2D eigenvalue weighted by Gasteiger charge is -2.46. The molecule has 0 fully saturated rings. The van der Waals surface area contributed by atoms with Gasteiger partial charge in [-0.2, -0.15) is 0 Å². The number of fused-ring (bicyclic) bond motifs is 9. The smallest absolute Gasteiger partial charge is 0.252 e. The van der Waals surface area contributed by atoms with Gasteiger partial charge in [0.1, 0.15) is 0 Å². The van der Waals surface area contributed by atoms with Gasteiger partial charge >= 0.3 is 0 Å². The summed E-state index contributed by atoms with van der Waals surface area (Å²) in [6.07, 6.45) is 0. The van der Waals surface area contributed by atoms with Crippen molar-refractivity contribution in [2.24, 2.45) is 0 Å². The number of anilines is 6. The van der Waals surface area contributed by atoms with Crippen molar-refractivity contribution < 1.29 is 0 Å². The minimum Gasteiger partial charge on any atom is -0.310 e. The molecule has 0 unspecified atom stereocenters. The second kappa shape index (κ2) is 25.8. The van der Waals surface area contributed by atoms with Crippen molar-refractivity contribution in [2.45, 2.75) is 26.2 Å². The van der Waals surface area contributed by atoms with E-state index in [1.54, 1.807) is 0 Å². The van der Waals surface area contributed by atoms with Crippen LogP contribution < -0.4 is 26.2 Å². The highest BCUT2D eigenvalue weighted by Gasteiger charge is 2.46. The SMILES string of the molecule is CC(C)(C)c1ccc(-c2cc3c4c(c2)N(c2c(-c5ccccc5)cc(-c5ccccc5)cc2-c2ccccc2)c2cc(-n5c6ccccc6c6ccccc65)ccc2B4c2ccc(-c4ccc5cccc6c7cccc8cccc(c4c56)c87)cc2N3c2c(-c3ccccc3)cc(-c3ccccc3)cc2-c2ccccc2)cc1. The summed E-state index contributed by atoms with van der Waals surface area (Å²) in [5, 5.41) is 12.6. The zero-order valence-electron chi connectivity index (χ0n) is 62.4. The van der Waals surface area contributed by atoms with Gasteiger partial charge in [-0.15, -0.1) is 0 Å². The molecule has 3 heterocycles. The van der Waals surface area contributed by atoms with Gasteiger partial charge in [-0.25, -0.2) is 0 Å². The second-order valence-electron chi connectivity index (χ2n) is 31.4. The number of para-hydroxylation sites is 2. The Morgan fingerprint density at radius 2 is 0.598 bits per heavy atom. The standard InChI is InChI=1S/C108H74BN3/c1-108(2,3)82-55-51-71(52-56-82)81-66-100-105-101(67-81)112(107-92(74-37-18-8-19-38-74)63-80(70-31-12-5-13-32-70)64-93(107)75-39-20-9-21-40-75)99-68-83(110-96-49-24-22-44-85(96)86-45-23-25-50-97(86)110)57-60-95(99)109(105)94-59-54-78(84-58-53-77-43-27-47-88-87-46-26-41-76-42-28-48-89(102(76)87)104(84)103(77)88)65-98(94)111(100)106-90(72-33-14-6-15-34-72)61-79(69-29-10-4-11-30-69)62-91(106)73-35-16-7-17-36-73/h4-68H,1-3H3. The molecular weight excluding hydrogens is 1350 g/mol. The molecule has 524 valence electrons. The number of benzene rings is 19. The lowest BCUT2D eigenvalue weighted by Crippen LogP contribution is -2.61. The fourth-order valence-electron chi connectivity index (χ4n) is 18.9. The van der Waals surface area contributed by atoms with Crippen LogP contribution in [0, 0.1) is 0 Å². The van der Waals surface area contributed by atoms with Crippen LogP contribution in [0.1, 0.15) is 26.3 Å². The van der Waals surface area contributed by atoms with E-state index in [1.807, 2.05) is 0 Å². The van der Waals surface area contributed by atoms with Gasteiger partial charge in [-0.3, -0.25) is 0 Å². The Hall–Kier alpha value is -14.1. The molecule has 1 aromatic heterocycles. The Labute approximate surface area is 652 Å². The second-order valence-corrected chi connectivity index (χ2v) is 31.4. The minimum atomic E-state index is -0.295. The Morgan fingerprint density at radius 1 is 0.232 bits per heavy atom. The maximum Gasteiger partial charge on any atom is 0.252 e. The first-order chi connectivity index (χ1) is 55.2. The van der Waals surface area contributed by atoms with E-state index < -0.39 is 0 Å². The van der Waals surface area contributed by atoms with Crippen molar-refractivity contribution in [1.29, 1.82) is 0 Å². The summed E-state index contributed by atoms with van der Waals surface area (Å²) in [4.78, 5) is 5.45. The van der Waals surface area contributed by atoms with Gasteiger partial charge in [0, 0.05) is 61.5 Å². The van der Waals surface area contributed by atoms with E-state index >= 15 is 0 Å². The van der Waals surface area contributed by atoms with Gasteiger partial charge in [0.25, 0.3) is 6.71 Å². The molecule has 0 amide bonds. The number of aromatic nitrogens is 1. The average molecular weight is 1420 g/mol. The third kappa shape index (κ3) is 10.4. The first-order valence-corrected chi connectivity index (χ1v) is 39.2. The molecule has 22 rings (SSSR count). The lowest BCUT2D eigenvalue weighted by atomic mass is 9.33. The minimum absolute atomic E-state index is 0.0808. The van der Waals surface area contributed by atoms with Crippen LogP contribution in [0.15, 0.2) is 394 Å². The highest BCUT2D eigenvalue weighted by Crippen LogP contribution is 2.57. The number of hydrogen-bond acceptors (Lipinski definition) is 2. The topological polar surface area (TPSA) is 11.4 Å². The van der Waals surface area contributed by atoms with E-state index in [-0.39, 0.29) is 12.1 Å². The Morgan fingerprint density at radius 3 is 1.07 bits per heavy atom. The summed E-state index contributed by atoms with van der Waals surface area (Å²) in [5.74, 6) is 0. The summed E-state index contributed by atoms with van der Waals surface area (Å²) in [6, 6.07) is 149. The maximum absolute atomic E-state index is 2.74. The third-order valence-corrected chi connectivity index (χ3v) is 24.0. The third-order valence-electron chi connectivity index (χ3n) is 24.0. The lowest BCUT2D eigenvalue weighted by molar-refractivity contribution is 0.590. The van der Waals surface area contributed by atoms with Crippen molar-refractivity contribution in [3.05, 3.63) is 400 Å². The largest absolute Gasteiger partial charge is 0.310 e. The van der Waals surface area contributed by atoms with Crippen LogP contribution in [0.25, 0.3) is 160 Å². The molecule has 0 saturated heterocycles. The van der Waals surface area contributed by atoms with E-state index in [9.17, 15) is 0 Å². The van der Waals surface area contributed by atoms with Crippen molar-refractivity contribution in [2.75, 3.05) is 9.80 Å². The van der Waals surface area contributed by atoms with Crippen molar-refractivity contribution in [3.8, 4) is 94.7 Å². The quantitative estimate of drug-likeness (QED) is 0.0726. The van der Waals surface area contributed by atoms with E-state index in [2.05, 4.69) is 429 Å². The van der Waals surface area contributed by atoms with Gasteiger partial charge in [-0.05, 0) is 204 Å². The average Bonchev–Trinajstić information content (AvgIpc) is 0.710. The fraction of sp³-hybridized carbons (Fsp3) is 0.0370. The van der Waals surface area contributed by atoms with Crippen LogP contribution in [-0.2, 0) is 5.41 Å². The Bertz CT molecular complexity index is 6950. The predicted octanol–water partition coefficient (Wildman–Crippen LogP) is 27.6. The molecule has 0 atom stereocenters. The highest BCUT2D eigenvalue weighted by atomic mass is 15.2. The molecule has 0 radical (unpaired) electrons. The van der Waals surface area contributed by atoms with Gasteiger partial charge in [0.15, 0.2) is 0 Å². The molecule has 19 aromatic carbocycles. The molecule has 2 aliphatic rings. The van der Waals surface area contributed by atoms with Crippen LogP contribution in [-0.4, -0.2) is 11.3 Å². The summed E-state index contributed by atoms with van der Waals surface area (Å²) < 4.78 is 2.50. The zero-order chi connectivity index (χ0) is 74.3. The van der Waals surface area contributed by atoms with E-state index in [1.165, 1.54) is 81.4 Å². The van der Waals surface area contributed by atoms with Crippen LogP contribution >= 0.6 is 0 Å². The summed E-state index contributed by atoms with van der Waals surface area (Å²) in [6.45, 7) is 6.66. The van der Waals surface area contributed by atoms with E-state index in [0.29, 0.717) is 0 Å². The van der Waals surface area contributed by atoms with Gasteiger partial charge < -0.3 is 14.4 Å². The molecule has 3 nitrogen and oxygen atoms in total. The van der Waals surface area contributed by atoms with E-state index in [0.717, 1.165) is 134 Å². The molecule has 0 aliphatic carbocycles. The number of rotatable bonds is 11. The molecular formula is C108H74BN3. The van der Waals surface area contributed by atoms with Crippen LogP contribution in [0.5, 0.6) is 0 Å². The molecule has 20 aromatic rings. The van der Waals surface area contributed by atoms with Crippen LogP contribution in [0.3, 0.4) is 0 Å². The van der Waals surface area contributed by atoms with Crippen LogP contribution in [0.2, 0.25) is 0 Å². The van der Waals surface area contributed by atoms with Gasteiger partial charge in [-0.1, -0.05) is 348 Å². The van der Waals surface area contributed by atoms with Crippen molar-refractivity contribution in [1.82, 2.24) is 4.57 Å². The van der Waals surface area contributed by atoms with Gasteiger partial charge in [0.2, 0.25) is 0 Å². The molecule has 112 heavy (non-hydrogen) atoms. The molecule has 0 bridgehead atoms. The number of hydrogen-bond donors (Lipinski definition) is 0. The summed E-state index contributed by atoms with van der Waals surface area (Å²) >= 11 is 0. The van der Waals surface area contributed by atoms with Gasteiger partial charge in [0.05, 0.1) is 22.4 Å².